The molecule has 0 unspecified atom stereocenters. The van der Waals surface area contributed by atoms with E-state index in [1.165, 1.54) is 0 Å². The van der Waals surface area contributed by atoms with Crippen LogP contribution in [0.3, 0.4) is 0 Å². The maximum absolute atomic E-state index is 13.0. The number of hydrogen-bond donors (Lipinski definition) is 1. The predicted molar refractivity (Wildman–Crippen MR) is 62.9 cm³/mol. The highest BCUT2D eigenvalue weighted by atomic mass is 32.1. The normalized spacial score (nSPS) is 12.3. The molecule has 110 valence electrons. The van der Waals surface area contributed by atoms with Gasteiger partial charge in [-0.2, -0.15) is 8.78 Å². The van der Waals surface area contributed by atoms with Crippen LogP contribution >= 0.6 is 11.3 Å². The molecule has 0 aliphatic heterocycles. The van der Waals surface area contributed by atoms with Crippen molar-refractivity contribution in [1.82, 2.24) is 15.5 Å². The fourth-order valence-electron chi connectivity index (χ4n) is 1.25. The lowest BCUT2D eigenvalue weighted by Gasteiger charge is -2.10. The minimum absolute atomic E-state index is 0.337. The zero-order valence-electron chi connectivity index (χ0n) is 10.3. The first kappa shape index (κ1) is 16.3. The van der Waals surface area contributed by atoms with Gasteiger partial charge in [-0.15, -0.1) is 10.2 Å². The third-order valence-corrected chi connectivity index (χ3v) is 3.32. The number of ether oxygens (including phenoxy) is 1. The molecule has 1 aromatic rings. The molecule has 0 aliphatic rings. The lowest BCUT2D eigenvalue weighted by molar-refractivity contribution is -0.135. The Morgan fingerprint density at radius 2 is 2.05 bits per heavy atom. The Balaban J connectivity index is 2.35. The van der Waals surface area contributed by atoms with Gasteiger partial charge in [-0.3, -0.25) is 0 Å². The van der Waals surface area contributed by atoms with Gasteiger partial charge < -0.3 is 10.1 Å². The molecule has 0 saturated heterocycles. The van der Waals surface area contributed by atoms with Crippen molar-refractivity contribution in [3.05, 3.63) is 10.0 Å². The Labute approximate surface area is 112 Å². The van der Waals surface area contributed by atoms with Crippen molar-refractivity contribution >= 4 is 11.3 Å². The largest absolute Gasteiger partial charge is 0.383 e. The Morgan fingerprint density at radius 1 is 1.32 bits per heavy atom. The molecule has 0 radical (unpaired) electrons. The number of alkyl halides is 4. The van der Waals surface area contributed by atoms with E-state index in [-0.39, 0.29) is 0 Å². The van der Waals surface area contributed by atoms with Crippen LogP contribution in [0.2, 0.25) is 0 Å². The van der Waals surface area contributed by atoms with Gasteiger partial charge in [0.1, 0.15) is 5.01 Å². The number of aromatic nitrogens is 2. The summed E-state index contributed by atoms with van der Waals surface area (Å²) in [5.74, 6) is -4.22. The Bertz CT molecular complexity index is 375. The first-order valence-corrected chi connectivity index (χ1v) is 6.48. The molecule has 0 bridgehead atoms. The summed E-state index contributed by atoms with van der Waals surface area (Å²) in [5.41, 5.74) is 0. The Morgan fingerprint density at radius 3 is 2.68 bits per heavy atom. The minimum atomic E-state index is -4.22. The maximum Gasteiger partial charge on any atom is 0.359 e. The number of nitrogens with one attached hydrogen (secondary N) is 1. The molecule has 0 aromatic carbocycles. The molecule has 1 aromatic heterocycles. The second-order valence-electron chi connectivity index (χ2n) is 3.77. The molecule has 0 saturated carbocycles. The Kier molecular flexibility index (Phi) is 6.59. The van der Waals surface area contributed by atoms with E-state index in [0.29, 0.717) is 48.9 Å². The summed E-state index contributed by atoms with van der Waals surface area (Å²) in [5, 5.41) is 9.12. The quantitative estimate of drug-likeness (QED) is 0.560. The molecule has 1 rings (SSSR count). The average molecular weight is 301 g/mol. The summed E-state index contributed by atoms with van der Waals surface area (Å²) in [6, 6.07) is 0. The molecule has 1 N–H and O–H groups in total. The predicted octanol–water partition coefficient (Wildman–Crippen LogP) is 2.06. The smallest absolute Gasteiger partial charge is 0.359 e. The molecule has 1 heterocycles. The second-order valence-corrected chi connectivity index (χ2v) is 4.83. The topological polar surface area (TPSA) is 47.0 Å². The van der Waals surface area contributed by atoms with Crippen molar-refractivity contribution in [3.8, 4) is 0 Å². The van der Waals surface area contributed by atoms with Crippen LogP contribution in [0.1, 0.15) is 16.4 Å². The Hall–Kier alpha value is -0.800. The van der Waals surface area contributed by atoms with Crippen molar-refractivity contribution in [3.63, 3.8) is 0 Å². The van der Waals surface area contributed by atoms with Gasteiger partial charge in [0.2, 0.25) is 0 Å². The number of methoxy groups -OCH3 is 1. The van der Waals surface area contributed by atoms with E-state index in [4.69, 9.17) is 4.74 Å². The molecular weight excluding hydrogens is 286 g/mol. The molecular formula is C10H15F4N3OS. The van der Waals surface area contributed by atoms with Gasteiger partial charge in [0.15, 0.2) is 5.01 Å². The zero-order valence-corrected chi connectivity index (χ0v) is 11.2. The van der Waals surface area contributed by atoms with Crippen LogP contribution in [-0.2, 0) is 17.1 Å². The summed E-state index contributed by atoms with van der Waals surface area (Å²) in [6.07, 6.45) is -2.67. The van der Waals surface area contributed by atoms with Crippen molar-refractivity contribution in [2.75, 3.05) is 26.8 Å². The van der Waals surface area contributed by atoms with Gasteiger partial charge in [-0.1, -0.05) is 11.3 Å². The van der Waals surface area contributed by atoms with Crippen molar-refractivity contribution in [2.45, 2.75) is 25.2 Å². The monoisotopic (exact) mass is 301 g/mol. The fraction of sp³-hybridized carbons (Fsp3) is 0.800. The van der Waals surface area contributed by atoms with Gasteiger partial charge >= 0.3 is 12.3 Å². The first-order chi connectivity index (χ1) is 8.98. The molecule has 9 heteroatoms. The summed E-state index contributed by atoms with van der Waals surface area (Å²) < 4.78 is 54.9. The van der Waals surface area contributed by atoms with Crippen LogP contribution < -0.4 is 5.32 Å². The number of nitrogens with zero attached hydrogens (tertiary/aromatic N) is 2. The molecule has 0 spiro atoms. The highest BCUT2D eigenvalue weighted by molar-refractivity contribution is 7.11. The summed E-state index contributed by atoms with van der Waals surface area (Å²) in [7, 11) is 1.59. The molecule has 0 fully saturated rings. The number of rotatable bonds is 9. The highest BCUT2D eigenvalue weighted by Crippen LogP contribution is 2.36. The highest BCUT2D eigenvalue weighted by Gasteiger charge is 2.46. The van der Waals surface area contributed by atoms with Gasteiger partial charge in [-0.25, -0.2) is 8.78 Å². The van der Waals surface area contributed by atoms with E-state index in [1.807, 2.05) is 0 Å². The zero-order chi connectivity index (χ0) is 14.3. The summed E-state index contributed by atoms with van der Waals surface area (Å²) in [4.78, 5) is 0. The van der Waals surface area contributed by atoms with Gasteiger partial charge in [0, 0.05) is 20.1 Å². The van der Waals surface area contributed by atoms with Crippen LogP contribution in [0.25, 0.3) is 0 Å². The molecule has 19 heavy (non-hydrogen) atoms. The van der Waals surface area contributed by atoms with Crippen molar-refractivity contribution in [2.24, 2.45) is 0 Å². The lowest BCUT2D eigenvalue weighted by Crippen LogP contribution is -2.23. The van der Waals surface area contributed by atoms with Crippen molar-refractivity contribution < 1.29 is 22.3 Å². The van der Waals surface area contributed by atoms with E-state index in [1.54, 1.807) is 7.11 Å². The molecule has 4 nitrogen and oxygen atoms in total. The third-order valence-electron chi connectivity index (χ3n) is 2.25. The third kappa shape index (κ3) is 5.00. The van der Waals surface area contributed by atoms with Gasteiger partial charge in [0.25, 0.3) is 0 Å². The van der Waals surface area contributed by atoms with Crippen LogP contribution in [-0.4, -0.2) is 43.4 Å². The van der Waals surface area contributed by atoms with E-state index in [9.17, 15) is 17.6 Å². The van der Waals surface area contributed by atoms with Crippen LogP contribution in [0.15, 0.2) is 0 Å². The number of aryl methyl sites for hydroxylation is 1. The summed E-state index contributed by atoms with van der Waals surface area (Å²) >= 11 is 0.532. The first-order valence-electron chi connectivity index (χ1n) is 5.67. The van der Waals surface area contributed by atoms with Gasteiger partial charge in [0.05, 0.1) is 6.61 Å². The second kappa shape index (κ2) is 7.71. The van der Waals surface area contributed by atoms with Crippen LogP contribution in [0.5, 0.6) is 0 Å². The molecule has 0 amide bonds. The van der Waals surface area contributed by atoms with Gasteiger partial charge in [-0.05, 0) is 13.0 Å². The van der Waals surface area contributed by atoms with Crippen LogP contribution in [0, 0.1) is 0 Å². The summed E-state index contributed by atoms with van der Waals surface area (Å²) in [6.45, 7) is 1.95. The van der Waals surface area contributed by atoms with Crippen molar-refractivity contribution in [1.29, 1.82) is 0 Å². The number of halogens is 4. The number of hydrogen-bond acceptors (Lipinski definition) is 5. The van der Waals surface area contributed by atoms with E-state index in [2.05, 4.69) is 15.5 Å². The lowest BCUT2D eigenvalue weighted by atomic mass is 10.3. The molecule has 0 atom stereocenters. The SMILES string of the molecule is COCCNCCCc1nnc(C(F)(F)C(F)F)s1. The standard InChI is InChI=1S/C10H15F4N3OS/c1-18-6-5-15-4-2-3-7-16-17-9(19-7)10(13,14)8(11)12/h8,15H,2-6H2,1H3. The van der Waals surface area contributed by atoms with E-state index >= 15 is 0 Å². The minimum Gasteiger partial charge on any atom is -0.383 e. The molecule has 0 aliphatic carbocycles. The maximum atomic E-state index is 13.0. The average Bonchev–Trinajstić information content (AvgIpc) is 2.82. The fourth-order valence-corrected chi connectivity index (χ4v) is 2.10. The van der Waals surface area contributed by atoms with Crippen LogP contribution in [0.4, 0.5) is 17.6 Å². The van der Waals surface area contributed by atoms with E-state index in [0.717, 1.165) is 0 Å². The van der Waals surface area contributed by atoms with E-state index < -0.39 is 17.4 Å².